The molecule has 1 unspecified atom stereocenters. The largest absolute Gasteiger partial charge is 0.444 e. The van der Waals surface area contributed by atoms with E-state index >= 15 is 0 Å². The van der Waals surface area contributed by atoms with Gasteiger partial charge in [0.05, 0.1) is 42.7 Å². The highest BCUT2D eigenvalue weighted by Gasteiger charge is 2.44. The lowest BCUT2D eigenvalue weighted by Crippen LogP contribution is -2.59. The molecule has 0 bridgehead atoms. The highest BCUT2D eigenvalue weighted by molar-refractivity contribution is 5.99. The van der Waals surface area contributed by atoms with E-state index in [1.807, 2.05) is 90.9 Å². The Hall–Kier alpha value is -8.16. The average molecular weight is 1280 g/mol. The Morgan fingerprint density at radius 1 is 0.641 bits per heavy atom. The van der Waals surface area contributed by atoms with Crippen molar-refractivity contribution in [3.63, 3.8) is 0 Å². The zero-order valence-corrected chi connectivity index (χ0v) is 56.4. The molecule has 25 heteroatoms. The number of amides is 11. The number of nitrogens with two attached hydrogens (primary N) is 1. The van der Waals surface area contributed by atoms with E-state index in [0.717, 1.165) is 5.56 Å². The highest BCUT2D eigenvalue weighted by atomic mass is 16.5. The van der Waals surface area contributed by atoms with Gasteiger partial charge in [-0.15, -0.1) is 0 Å². The lowest BCUT2D eigenvalue weighted by atomic mass is 9.89. The third-order valence-electron chi connectivity index (χ3n) is 16.8. The minimum atomic E-state index is -1.05. The van der Waals surface area contributed by atoms with Crippen molar-refractivity contribution in [2.75, 3.05) is 64.4 Å². The molecule has 11 atom stereocenters. The van der Waals surface area contributed by atoms with Crippen molar-refractivity contribution in [2.45, 2.75) is 175 Å². The van der Waals surface area contributed by atoms with E-state index < -0.39 is 102 Å². The molecule has 0 aliphatic carbocycles. The first kappa shape index (κ1) is 76.3. The second-order valence-electron chi connectivity index (χ2n) is 25.1. The molecule has 25 nitrogen and oxygen atoms in total. The van der Waals surface area contributed by atoms with Gasteiger partial charge in [-0.1, -0.05) is 111 Å². The van der Waals surface area contributed by atoms with Crippen molar-refractivity contribution < 1.29 is 62.2 Å². The van der Waals surface area contributed by atoms with Crippen LogP contribution >= 0.6 is 0 Å². The van der Waals surface area contributed by atoms with Crippen molar-refractivity contribution in [2.24, 2.45) is 35.3 Å². The van der Waals surface area contributed by atoms with Crippen LogP contribution in [0.3, 0.4) is 0 Å². The number of carbonyl (C=O) groups excluding carboxylic acids is 10. The number of nitrogens with zero attached hydrogens (tertiary/aromatic N) is 3. The number of hydrogen-bond donors (Lipinski definition) is 9. The molecule has 1 fully saturated rings. The number of ether oxygens (including phenoxy) is 3. The van der Waals surface area contributed by atoms with Gasteiger partial charge in [0, 0.05) is 64.8 Å². The molecule has 0 aromatic heterocycles. The van der Waals surface area contributed by atoms with Crippen LogP contribution in [0.15, 0.2) is 78.9 Å². The van der Waals surface area contributed by atoms with Gasteiger partial charge in [-0.3, -0.25) is 48.6 Å². The molecule has 0 spiro atoms. The van der Waals surface area contributed by atoms with Gasteiger partial charge in [-0.2, -0.15) is 0 Å². The van der Waals surface area contributed by atoms with Crippen LogP contribution in [0.25, 0.3) is 0 Å². The first-order valence-corrected chi connectivity index (χ1v) is 31.8. The molecule has 508 valence electrons. The van der Waals surface area contributed by atoms with Crippen LogP contribution in [0.1, 0.15) is 119 Å². The predicted octanol–water partition coefficient (Wildman–Crippen LogP) is 5.78. The summed E-state index contributed by atoms with van der Waals surface area (Å²) >= 11 is 0. The molecule has 11 amide bonds. The van der Waals surface area contributed by atoms with Crippen LogP contribution in [-0.2, 0) is 65.6 Å². The van der Waals surface area contributed by atoms with Crippen LogP contribution in [-0.4, -0.2) is 177 Å². The molecule has 1 aliphatic heterocycles. The fourth-order valence-corrected chi connectivity index (χ4v) is 11.7. The SMILES string of the molecule is CC[C@H](C)[C@@H]([C@@H](CC(=O)N1CCC[C@H]1[C@H](OC)[C@@H](C)C(=O)N[C@@H](Cc1ccccc1)C(=O)Nc1ccc(NC(=O)OCc2ccc(NC(=O)[C@H](CCCNC(N)=O)NC(=O)[C@@H](NC(C)=O)C(C)C)cc2)cc1)OC)N(C)C(=O)[C@H](NC(=O)C(C(C)C)N(C)C)C(C)C. The van der Waals surface area contributed by atoms with Gasteiger partial charge in [0.2, 0.25) is 47.3 Å². The Kier molecular flexibility index (Phi) is 31.0. The quantitative estimate of drug-likeness (QED) is 0.0315. The van der Waals surface area contributed by atoms with Crippen molar-refractivity contribution in [1.29, 1.82) is 0 Å². The van der Waals surface area contributed by atoms with E-state index in [4.69, 9.17) is 19.9 Å². The molecule has 0 radical (unpaired) electrons. The number of rotatable bonds is 35. The van der Waals surface area contributed by atoms with Crippen LogP contribution in [0, 0.1) is 29.6 Å². The maximum Gasteiger partial charge on any atom is 0.411 e. The summed E-state index contributed by atoms with van der Waals surface area (Å²) < 4.78 is 17.6. The van der Waals surface area contributed by atoms with Gasteiger partial charge in [-0.25, -0.2) is 9.59 Å². The Morgan fingerprint density at radius 3 is 1.73 bits per heavy atom. The smallest absolute Gasteiger partial charge is 0.411 e. The molecular weight excluding hydrogens is 1180 g/mol. The average Bonchev–Trinajstić information content (AvgIpc) is 1.57. The minimum absolute atomic E-state index is 0.00235. The summed E-state index contributed by atoms with van der Waals surface area (Å²) in [6, 6.07) is 16.0. The number of likely N-dealkylation sites (tertiary alicyclic amines) is 1. The van der Waals surface area contributed by atoms with Gasteiger partial charge in [0.1, 0.15) is 30.8 Å². The zero-order valence-electron chi connectivity index (χ0n) is 56.4. The second kappa shape index (κ2) is 37.4. The first-order chi connectivity index (χ1) is 43.5. The van der Waals surface area contributed by atoms with Crippen LogP contribution in [0.5, 0.6) is 0 Å². The maximum atomic E-state index is 14.6. The Labute approximate surface area is 542 Å². The number of primary amides is 1. The number of urea groups is 1. The van der Waals surface area contributed by atoms with E-state index in [2.05, 4.69) is 42.5 Å². The molecule has 92 heavy (non-hydrogen) atoms. The Bertz CT molecular complexity index is 2900. The highest BCUT2D eigenvalue weighted by Crippen LogP contribution is 2.30. The molecule has 1 aliphatic rings. The molecule has 0 saturated carbocycles. The van der Waals surface area contributed by atoms with Gasteiger partial charge < -0.3 is 67.0 Å². The van der Waals surface area contributed by atoms with Crippen LogP contribution < -0.4 is 48.3 Å². The van der Waals surface area contributed by atoms with E-state index in [9.17, 15) is 47.9 Å². The van der Waals surface area contributed by atoms with E-state index in [1.54, 1.807) is 86.1 Å². The summed E-state index contributed by atoms with van der Waals surface area (Å²) in [4.78, 5) is 139. The molecular formula is C67H102N12O13. The van der Waals surface area contributed by atoms with Crippen molar-refractivity contribution in [1.82, 2.24) is 41.3 Å². The second-order valence-corrected chi connectivity index (χ2v) is 25.1. The van der Waals surface area contributed by atoms with Crippen molar-refractivity contribution in [3.05, 3.63) is 90.0 Å². The number of methoxy groups -OCH3 is 2. The topological polar surface area (TPSA) is 330 Å². The maximum absolute atomic E-state index is 14.6. The molecule has 3 aromatic rings. The summed E-state index contributed by atoms with van der Waals surface area (Å²) in [6.45, 7) is 18.7. The predicted molar refractivity (Wildman–Crippen MR) is 352 cm³/mol. The minimum Gasteiger partial charge on any atom is -0.444 e. The third kappa shape index (κ3) is 23.2. The standard InChI is InChI=1S/C67H102N12O13/c1-16-42(8)58(78(13)65(87)56(40(4)5)76-64(86)57(41(6)7)77(11)12)53(90-14)37-54(81)79-35-21-25-52(79)59(91-15)43(9)60(82)75-51(36-45-22-18-17-19-23-45)62(84)72-48-30-32-49(33-31-48)73-67(89)92-38-46-26-28-47(29-27-46)71-61(83)50(24-20-34-69-66(68)88)74-63(85)55(39(2)3)70-44(10)80/h17-19,22-23,26-33,39-43,50-53,55-59H,16,20-21,24-25,34-38H2,1-15H3,(H,70,80)(H,71,83)(H,72,84)(H,73,89)(H,74,85)(H,75,82)(H,76,86)(H3,68,69,88)/t42-,43+,50-,51-,52-,53+,55-,56+,57?,58-,59+/m0/s1. The summed E-state index contributed by atoms with van der Waals surface area (Å²) in [5.41, 5.74) is 7.68. The number of benzene rings is 3. The fourth-order valence-electron chi connectivity index (χ4n) is 11.7. The first-order valence-electron chi connectivity index (χ1n) is 31.8. The lowest BCUT2D eigenvalue weighted by molar-refractivity contribution is -0.148. The molecule has 1 saturated heterocycles. The number of carbonyl (C=O) groups is 10. The van der Waals surface area contributed by atoms with Gasteiger partial charge in [0.15, 0.2) is 0 Å². The number of anilines is 3. The monoisotopic (exact) mass is 1280 g/mol. The molecule has 1 heterocycles. The zero-order chi connectivity index (χ0) is 68.5. The normalized spacial score (nSPS) is 16.3. The van der Waals surface area contributed by atoms with Crippen molar-refractivity contribution >= 4 is 76.4 Å². The van der Waals surface area contributed by atoms with Gasteiger partial charge >= 0.3 is 12.1 Å². The van der Waals surface area contributed by atoms with Crippen LogP contribution in [0.4, 0.5) is 26.7 Å². The summed E-state index contributed by atoms with van der Waals surface area (Å²) in [6.07, 6.45) is 0.170. The van der Waals surface area contributed by atoms with Gasteiger partial charge in [0.25, 0.3) is 0 Å². The molecule has 4 rings (SSSR count). The summed E-state index contributed by atoms with van der Waals surface area (Å²) in [7, 11) is 8.40. The van der Waals surface area contributed by atoms with E-state index in [-0.39, 0.29) is 73.8 Å². The summed E-state index contributed by atoms with van der Waals surface area (Å²) in [5.74, 6) is -4.64. The third-order valence-corrected chi connectivity index (χ3v) is 16.8. The molecule has 10 N–H and O–H groups in total. The lowest BCUT2D eigenvalue weighted by Gasteiger charge is -2.41. The number of nitrogens with one attached hydrogen (secondary N) is 8. The number of hydrogen-bond acceptors (Lipinski definition) is 14. The van der Waals surface area contributed by atoms with E-state index in [0.29, 0.717) is 54.9 Å². The number of likely N-dealkylation sites (N-methyl/N-ethyl adjacent to an activating group) is 2. The van der Waals surface area contributed by atoms with Crippen molar-refractivity contribution in [3.8, 4) is 0 Å². The fraction of sp³-hybridized carbons (Fsp3) is 0.582. The van der Waals surface area contributed by atoms with Crippen LogP contribution in [0.2, 0.25) is 0 Å². The van der Waals surface area contributed by atoms with E-state index in [1.165, 1.54) is 21.1 Å². The Balaban J connectivity index is 1.40. The Morgan fingerprint density at radius 2 is 1.21 bits per heavy atom. The molecule has 3 aromatic carbocycles. The van der Waals surface area contributed by atoms with Gasteiger partial charge in [-0.05, 0) is 111 Å². The summed E-state index contributed by atoms with van der Waals surface area (Å²) in [5, 5.41) is 22.1.